The van der Waals surface area contributed by atoms with E-state index in [1.807, 2.05) is 28.9 Å². The number of fused-ring (bicyclic) bond motifs is 1. The van der Waals surface area contributed by atoms with Crippen molar-refractivity contribution in [1.82, 2.24) is 9.38 Å². The molecule has 2 aromatic rings. The molecule has 0 unspecified atom stereocenters. The van der Waals surface area contributed by atoms with E-state index in [0.717, 1.165) is 16.9 Å². The Kier molecular flexibility index (Phi) is 2.65. The predicted molar refractivity (Wildman–Crippen MR) is 65.2 cm³/mol. The normalized spacial score (nSPS) is 11.9. The number of hydrogen-bond donors (Lipinski definition) is 1. The fourth-order valence-corrected chi connectivity index (χ4v) is 1.73. The molecule has 2 rings (SSSR count). The molecule has 2 heterocycles. The van der Waals surface area contributed by atoms with Crippen LogP contribution in [0.1, 0.15) is 32.0 Å². The molecule has 4 nitrogen and oxygen atoms in total. The van der Waals surface area contributed by atoms with E-state index in [9.17, 15) is 4.79 Å². The first kappa shape index (κ1) is 11.6. The molecule has 0 saturated heterocycles. The van der Waals surface area contributed by atoms with Crippen molar-refractivity contribution in [1.29, 1.82) is 0 Å². The summed E-state index contributed by atoms with van der Waals surface area (Å²) in [5.41, 5.74) is 2.41. The third-order valence-corrected chi connectivity index (χ3v) is 2.67. The van der Waals surface area contributed by atoms with Gasteiger partial charge in [0.1, 0.15) is 5.65 Å². The summed E-state index contributed by atoms with van der Waals surface area (Å²) in [4.78, 5) is 15.3. The topological polar surface area (TPSA) is 54.6 Å². The van der Waals surface area contributed by atoms with Crippen molar-refractivity contribution >= 4 is 11.6 Å². The number of aromatic nitrogens is 2. The molecule has 0 amide bonds. The number of pyridine rings is 1. The zero-order valence-electron chi connectivity index (χ0n) is 10.3. The average Bonchev–Trinajstić information content (AvgIpc) is 2.60. The largest absolute Gasteiger partial charge is 0.481 e. The number of aliphatic carboxylic acids is 1. The van der Waals surface area contributed by atoms with Gasteiger partial charge in [0.2, 0.25) is 0 Å². The first-order chi connectivity index (χ1) is 7.88. The molecule has 4 heteroatoms. The van der Waals surface area contributed by atoms with Gasteiger partial charge in [0.25, 0.3) is 0 Å². The van der Waals surface area contributed by atoms with Gasteiger partial charge in [0.05, 0.1) is 12.1 Å². The minimum Gasteiger partial charge on any atom is -0.481 e. The van der Waals surface area contributed by atoms with Gasteiger partial charge in [-0.25, -0.2) is 4.98 Å². The SMILES string of the molecule is CC(C)(C)c1cn2cccc(CC(=O)O)c2n1. The van der Waals surface area contributed by atoms with Gasteiger partial charge in [0, 0.05) is 23.4 Å². The van der Waals surface area contributed by atoms with E-state index in [1.54, 1.807) is 0 Å². The lowest BCUT2D eigenvalue weighted by Crippen LogP contribution is -2.11. The molecule has 90 valence electrons. The van der Waals surface area contributed by atoms with Crippen LogP contribution in [0.3, 0.4) is 0 Å². The highest BCUT2D eigenvalue weighted by molar-refractivity contribution is 5.73. The summed E-state index contributed by atoms with van der Waals surface area (Å²) in [6.45, 7) is 6.27. The Hall–Kier alpha value is -1.84. The van der Waals surface area contributed by atoms with Crippen LogP contribution in [0.25, 0.3) is 5.65 Å². The highest BCUT2D eigenvalue weighted by Gasteiger charge is 2.18. The number of hydrogen-bond acceptors (Lipinski definition) is 2. The van der Waals surface area contributed by atoms with E-state index in [0.29, 0.717) is 0 Å². The lowest BCUT2D eigenvalue weighted by molar-refractivity contribution is -0.136. The summed E-state index contributed by atoms with van der Waals surface area (Å²) < 4.78 is 1.89. The van der Waals surface area contributed by atoms with Gasteiger partial charge in [-0.05, 0) is 6.07 Å². The first-order valence-corrected chi connectivity index (χ1v) is 5.57. The Bertz CT molecular complexity index is 564. The average molecular weight is 232 g/mol. The maximum absolute atomic E-state index is 10.8. The minimum absolute atomic E-state index is 0.00490. The molecule has 2 aromatic heterocycles. The van der Waals surface area contributed by atoms with Crippen molar-refractivity contribution in [3.63, 3.8) is 0 Å². The van der Waals surface area contributed by atoms with Crippen LogP contribution in [0.15, 0.2) is 24.5 Å². The number of rotatable bonds is 2. The summed E-state index contributed by atoms with van der Waals surface area (Å²) in [6, 6.07) is 3.66. The van der Waals surface area contributed by atoms with Crippen LogP contribution in [0.4, 0.5) is 0 Å². The van der Waals surface area contributed by atoms with Gasteiger partial charge in [0.15, 0.2) is 0 Å². The molecule has 0 aliphatic heterocycles. The summed E-state index contributed by atoms with van der Waals surface area (Å²) in [7, 11) is 0. The van der Waals surface area contributed by atoms with Gasteiger partial charge < -0.3 is 9.51 Å². The Labute approximate surface area is 99.9 Å². The van der Waals surface area contributed by atoms with Gasteiger partial charge in [-0.2, -0.15) is 0 Å². The number of carboxylic acids is 1. The van der Waals surface area contributed by atoms with Crippen LogP contribution in [0.5, 0.6) is 0 Å². The third-order valence-electron chi connectivity index (χ3n) is 2.67. The molecule has 0 fully saturated rings. The lowest BCUT2D eigenvalue weighted by atomic mass is 9.93. The molecule has 1 N–H and O–H groups in total. The van der Waals surface area contributed by atoms with E-state index in [1.165, 1.54) is 0 Å². The zero-order chi connectivity index (χ0) is 12.6. The molecule has 0 saturated carbocycles. The van der Waals surface area contributed by atoms with Crippen LogP contribution in [0, 0.1) is 0 Å². The van der Waals surface area contributed by atoms with Crippen molar-refractivity contribution in [2.24, 2.45) is 0 Å². The third kappa shape index (κ3) is 2.30. The Morgan fingerprint density at radius 3 is 2.76 bits per heavy atom. The van der Waals surface area contributed by atoms with Crippen LogP contribution < -0.4 is 0 Å². The van der Waals surface area contributed by atoms with Crippen LogP contribution >= 0.6 is 0 Å². The summed E-state index contributed by atoms with van der Waals surface area (Å²) >= 11 is 0. The molecule has 0 aliphatic carbocycles. The molecule has 0 aliphatic rings. The van der Waals surface area contributed by atoms with E-state index in [4.69, 9.17) is 5.11 Å². The van der Waals surface area contributed by atoms with Crippen LogP contribution in [-0.2, 0) is 16.6 Å². The monoisotopic (exact) mass is 232 g/mol. The summed E-state index contributed by atoms with van der Waals surface area (Å²) in [5.74, 6) is -0.835. The fourth-order valence-electron chi connectivity index (χ4n) is 1.73. The number of carboxylic acid groups (broad SMARTS) is 1. The lowest BCUT2D eigenvalue weighted by Gasteiger charge is -2.13. The van der Waals surface area contributed by atoms with E-state index in [2.05, 4.69) is 25.8 Å². The number of carbonyl (C=O) groups is 1. The highest BCUT2D eigenvalue weighted by Crippen LogP contribution is 2.22. The zero-order valence-corrected chi connectivity index (χ0v) is 10.3. The second-order valence-electron chi connectivity index (χ2n) is 5.21. The second kappa shape index (κ2) is 3.87. The molecule has 0 bridgehead atoms. The Balaban J connectivity index is 2.57. The minimum atomic E-state index is -0.835. The molecule has 17 heavy (non-hydrogen) atoms. The van der Waals surface area contributed by atoms with Crippen molar-refractivity contribution < 1.29 is 9.90 Å². The predicted octanol–water partition coefficient (Wildman–Crippen LogP) is 2.26. The first-order valence-electron chi connectivity index (χ1n) is 5.57. The molecular weight excluding hydrogens is 216 g/mol. The fraction of sp³-hybridized carbons (Fsp3) is 0.385. The molecular formula is C13H16N2O2. The second-order valence-corrected chi connectivity index (χ2v) is 5.21. The molecule has 0 radical (unpaired) electrons. The quantitative estimate of drug-likeness (QED) is 0.864. The van der Waals surface area contributed by atoms with Gasteiger partial charge >= 0.3 is 5.97 Å². The van der Waals surface area contributed by atoms with Gasteiger partial charge in [-0.3, -0.25) is 4.79 Å². The Morgan fingerprint density at radius 1 is 1.47 bits per heavy atom. The van der Waals surface area contributed by atoms with E-state index >= 15 is 0 Å². The van der Waals surface area contributed by atoms with Crippen molar-refractivity contribution in [3.05, 3.63) is 35.8 Å². The number of nitrogens with zero attached hydrogens (tertiary/aromatic N) is 2. The van der Waals surface area contributed by atoms with E-state index in [-0.39, 0.29) is 11.8 Å². The molecule has 0 spiro atoms. The highest BCUT2D eigenvalue weighted by atomic mass is 16.4. The summed E-state index contributed by atoms with van der Waals surface area (Å²) in [6.07, 6.45) is 3.86. The maximum atomic E-state index is 10.8. The van der Waals surface area contributed by atoms with Crippen molar-refractivity contribution in [3.8, 4) is 0 Å². The van der Waals surface area contributed by atoms with Crippen LogP contribution in [-0.4, -0.2) is 20.5 Å². The van der Waals surface area contributed by atoms with Crippen LogP contribution in [0.2, 0.25) is 0 Å². The van der Waals surface area contributed by atoms with Gasteiger partial charge in [-0.1, -0.05) is 26.8 Å². The Morgan fingerprint density at radius 2 is 2.18 bits per heavy atom. The maximum Gasteiger partial charge on any atom is 0.307 e. The van der Waals surface area contributed by atoms with E-state index < -0.39 is 5.97 Å². The molecule has 0 atom stereocenters. The van der Waals surface area contributed by atoms with Crippen molar-refractivity contribution in [2.45, 2.75) is 32.6 Å². The summed E-state index contributed by atoms with van der Waals surface area (Å²) in [5, 5.41) is 8.86. The smallest absolute Gasteiger partial charge is 0.307 e. The van der Waals surface area contributed by atoms with Crippen molar-refractivity contribution in [2.75, 3.05) is 0 Å². The number of imidazole rings is 1. The molecule has 0 aromatic carbocycles. The van der Waals surface area contributed by atoms with Gasteiger partial charge in [-0.15, -0.1) is 0 Å². The standard InChI is InChI=1S/C13H16N2O2/c1-13(2,3)10-8-15-6-4-5-9(7-11(16)17)12(15)14-10/h4-6,8H,7H2,1-3H3,(H,16,17).